The minimum Gasteiger partial charge on any atom is -0.369 e. The largest absolute Gasteiger partial charge is 0.369 e. The van der Waals surface area contributed by atoms with Gasteiger partial charge in [0.2, 0.25) is 5.91 Å². The summed E-state index contributed by atoms with van der Waals surface area (Å²) in [5.41, 5.74) is 1.06. The van der Waals surface area contributed by atoms with Crippen LogP contribution >= 0.6 is 24.8 Å². The molecule has 1 amide bonds. The molecule has 0 radical (unpaired) electrons. The molecule has 4 rings (SSSR count). The summed E-state index contributed by atoms with van der Waals surface area (Å²) in [7, 11) is 0. The SMILES string of the molecule is CC(C(=O)N1CC[C@@H]2CNC[C@@H]2CC1)N1CCN(c2ccc(F)cc2)CC1.Cl.Cl. The van der Waals surface area contributed by atoms with E-state index in [4.69, 9.17) is 0 Å². The lowest BCUT2D eigenvalue weighted by Crippen LogP contribution is -2.54. The Labute approximate surface area is 185 Å². The first-order chi connectivity index (χ1) is 13.1. The van der Waals surface area contributed by atoms with E-state index in [9.17, 15) is 9.18 Å². The molecule has 0 bridgehead atoms. The fraction of sp³-hybridized carbons (Fsp3) is 0.667. The predicted octanol–water partition coefficient (Wildman–Crippen LogP) is 2.64. The first-order valence-corrected chi connectivity index (χ1v) is 10.4. The topological polar surface area (TPSA) is 38.8 Å². The van der Waals surface area contributed by atoms with Crippen LogP contribution in [-0.4, -0.2) is 74.1 Å². The Kier molecular flexibility index (Phi) is 9.01. The van der Waals surface area contributed by atoms with Gasteiger partial charge in [-0.1, -0.05) is 0 Å². The van der Waals surface area contributed by atoms with Gasteiger partial charge in [-0.15, -0.1) is 24.8 Å². The molecule has 0 aliphatic carbocycles. The summed E-state index contributed by atoms with van der Waals surface area (Å²) in [6.45, 7) is 9.59. The van der Waals surface area contributed by atoms with Crippen LogP contribution in [-0.2, 0) is 4.79 Å². The number of benzene rings is 1. The molecule has 1 aromatic carbocycles. The predicted molar refractivity (Wildman–Crippen MR) is 120 cm³/mol. The lowest BCUT2D eigenvalue weighted by atomic mass is 9.92. The summed E-state index contributed by atoms with van der Waals surface area (Å²) in [5.74, 6) is 1.59. The fourth-order valence-corrected chi connectivity index (χ4v) is 4.88. The van der Waals surface area contributed by atoms with Gasteiger partial charge in [-0.2, -0.15) is 0 Å². The van der Waals surface area contributed by atoms with Gasteiger partial charge in [0.1, 0.15) is 5.82 Å². The van der Waals surface area contributed by atoms with Crippen molar-refractivity contribution in [2.45, 2.75) is 25.8 Å². The molecule has 3 aliphatic rings. The van der Waals surface area contributed by atoms with Crippen LogP contribution in [0.25, 0.3) is 0 Å². The second-order valence-electron chi connectivity index (χ2n) is 8.26. The van der Waals surface area contributed by atoms with E-state index in [0.717, 1.165) is 82.7 Å². The Hall–Kier alpha value is -1.08. The van der Waals surface area contributed by atoms with Crippen molar-refractivity contribution in [1.82, 2.24) is 15.1 Å². The Morgan fingerprint density at radius 1 is 0.966 bits per heavy atom. The minimum atomic E-state index is -0.200. The number of piperazine rings is 1. The van der Waals surface area contributed by atoms with Gasteiger partial charge < -0.3 is 15.1 Å². The van der Waals surface area contributed by atoms with Gasteiger partial charge in [-0.25, -0.2) is 4.39 Å². The van der Waals surface area contributed by atoms with Crippen molar-refractivity contribution in [2.75, 3.05) is 57.3 Å². The van der Waals surface area contributed by atoms with Gasteiger partial charge in [0.05, 0.1) is 6.04 Å². The third-order valence-electron chi connectivity index (χ3n) is 6.74. The quantitative estimate of drug-likeness (QED) is 0.774. The number of halogens is 3. The second-order valence-corrected chi connectivity index (χ2v) is 8.26. The van der Waals surface area contributed by atoms with Crippen LogP contribution in [0.15, 0.2) is 24.3 Å². The monoisotopic (exact) mass is 446 g/mol. The second kappa shape index (κ2) is 10.8. The van der Waals surface area contributed by atoms with Crippen LogP contribution < -0.4 is 10.2 Å². The van der Waals surface area contributed by atoms with E-state index in [1.54, 1.807) is 0 Å². The smallest absolute Gasteiger partial charge is 0.239 e. The maximum absolute atomic E-state index is 13.1. The molecule has 3 fully saturated rings. The van der Waals surface area contributed by atoms with Crippen LogP contribution in [0.5, 0.6) is 0 Å². The van der Waals surface area contributed by atoms with Crippen molar-refractivity contribution in [2.24, 2.45) is 11.8 Å². The number of carbonyl (C=O) groups is 1. The summed E-state index contributed by atoms with van der Waals surface area (Å²) >= 11 is 0. The number of hydrogen-bond acceptors (Lipinski definition) is 4. The molecule has 3 atom stereocenters. The molecule has 164 valence electrons. The van der Waals surface area contributed by atoms with Gasteiger partial charge >= 0.3 is 0 Å². The van der Waals surface area contributed by atoms with Crippen LogP contribution in [0.3, 0.4) is 0 Å². The number of amides is 1. The van der Waals surface area contributed by atoms with Gasteiger partial charge in [0.15, 0.2) is 0 Å². The molecule has 3 aliphatic heterocycles. The normalized spacial score (nSPS) is 26.0. The number of hydrogen-bond donors (Lipinski definition) is 1. The lowest BCUT2D eigenvalue weighted by Gasteiger charge is -2.39. The van der Waals surface area contributed by atoms with Gasteiger partial charge in [0.25, 0.3) is 0 Å². The van der Waals surface area contributed by atoms with Crippen molar-refractivity contribution >= 4 is 36.4 Å². The highest BCUT2D eigenvalue weighted by atomic mass is 35.5. The third kappa shape index (κ3) is 5.54. The van der Waals surface area contributed by atoms with Gasteiger partial charge in [-0.05, 0) is 69.0 Å². The number of fused-ring (bicyclic) bond motifs is 1. The molecule has 3 heterocycles. The maximum atomic E-state index is 13.1. The number of likely N-dealkylation sites (tertiary alicyclic amines) is 1. The fourth-order valence-electron chi connectivity index (χ4n) is 4.88. The average Bonchev–Trinajstić information content (AvgIpc) is 3.06. The number of anilines is 1. The zero-order chi connectivity index (χ0) is 18.8. The van der Waals surface area contributed by atoms with Crippen LogP contribution in [0, 0.1) is 17.7 Å². The summed E-state index contributed by atoms with van der Waals surface area (Å²) in [6.07, 6.45) is 2.27. The number of nitrogens with zero attached hydrogens (tertiary/aromatic N) is 3. The molecule has 0 saturated carbocycles. The molecule has 0 spiro atoms. The highest BCUT2D eigenvalue weighted by molar-refractivity contribution is 5.85. The third-order valence-corrected chi connectivity index (χ3v) is 6.74. The zero-order valence-electron chi connectivity index (χ0n) is 17.1. The molecular formula is C21H33Cl2FN4O. The maximum Gasteiger partial charge on any atom is 0.239 e. The molecular weight excluding hydrogens is 414 g/mol. The number of nitrogens with one attached hydrogen (secondary N) is 1. The Morgan fingerprint density at radius 2 is 1.52 bits per heavy atom. The molecule has 5 nitrogen and oxygen atoms in total. The van der Waals surface area contributed by atoms with Gasteiger partial charge in [0, 0.05) is 45.0 Å². The first-order valence-electron chi connectivity index (χ1n) is 10.4. The molecule has 1 unspecified atom stereocenters. The highest BCUT2D eigenvalue weighted by Crippen LogP contribution is 2.27. The lowest BCUT2D eigenvalue weighted by molar-refractivity contribution is -0.136. The first kappa shape index (κ1) is 24.2. The summed E-state index contributed by atoms with van der Waals surface area (Å²) in [5, 5.41) is 3.49. The molecule has 8 heteroatoms. The zero-order valence-corrected chi connectivity index (χ0v) is 18.7. The summed E-state index contributed by atoms with van der Waals surface area (Å²) < 4.78 is 13.1. The molecule has 0 aromatic heterocycles. The average molecular weight is 447 g/mol. The van der Waals surface area contributed by atoms with E-state index in [1.807, 2.05) is 12.1 Å². The van der Waals surface area contributed by atoms with E-state index in [-0.39, 0.29) is 42.6 Å². The van der Waals surface area contributed by atoms with Crippen molar-refractivity contribution in [1.29, 1.82) is 0 Å². The Bertz CT molecular complexity index is 641. The van der Waals surface area contributed by atoms with Crippen LogP contribution in [0.2, 0.25) is 0 Å². The van der Waals surface area contributed by atoms with E-state index in [2.05, 4.69) is 26.9 Å². The number of rotatable bonds is 3. The molecule has 1 N–H and O–H groups in total. The molecule has 1 aromatic rings. The van der Waals surface area contributed by atoms with Gasteiger partial charge in [-0.3, -0.25) is 9.69 Å². The van der Waals surface area contributed by atoms with E-state index >= 15 is 0 Å². The Morgan fingerprint density at radius 3 is 2.07 bits per heavy atom. The van der Waals surface area contributed by atoms with Crippen molar-refractivity contribution in [3.05, 3.63) is 30.1 Å². The van der Waals surface area contributed by atoms with Crippen molar-refractivity contribution in [3.63, 3.8) is 0 Å². The van der Waals surface area contributed by atoms with Crippen LogP contribution in [0.1, 0.15) is 19.8 Å². The molecule has 3 saturated heterocycles. The van der Waals surface area contributed by atoms with Crippen LogP contribution in [0.4, 0.5) is 10.1 Å². The summed E-state index contributed by atoms with van der Waals surface area (Å²) in [6, 6.07) is 6.64. The minimum absolute atomic E-state index is 0. The van der Waals surface area contributed by atoms with E-state index < -0.39 is 0 Å². The standard InChI is InChI=1S/C21H31FN4O.2ClH/c1-16(21(27)26-8-6-17-14-23-15-18(17)7-9-26)24-10-12-25(13-11-24)20-4-2-19(22)3-5-20;;/h2-5,16-18,23H,6-15H2,1H3;2*1H/t16?,17-,18+;;. The van der Waals surface area contributed by atoms with E-state index in [1.165, 1.54) is 12.1 Å². The van der Waals surface area contributed by atoms with E-state index in [0.29, 0.717) is 0 Å². The number of carbonyl (C=O) groups excluding carboxylic acids is 1. The van der Waals surface area contributed by atoms with Crippen molar-refractivity contribution in [3.8, 4) is 0 Å². The molecule has 29 heavy (non-hydrogen) atoms. The van der Waals surface area contributed by atoms with Crippen molar-refractivity contribution < 1.29 is 9.18 Å². The summed E-state index contributed by atoms with van der Waals surface area (Å²) in [4.78, 5) is 19.8. The highest BCUT2D eigenvalue weighted by Gasteiger charge is 2.34. The Balaban J connectivity index is 0.00000150.